The van der Waals surface area contributed by atoms with Crippen molar-refractivity contribution in [2.75, 3.05) is 13.7 Å². The third kappa shape index (κ3) is 4.29. The minimum Gasteiger partial charge on any atom is -0.385 e. The second kappa shape index (κ2) is 6.61. The van der Waals surface area contributed by atoms with Gasteiger partial charge in [-0.1, -0.05) is 12.1 Å². The van der Waals surface area contributed by atoms with Gasteiger partial charge in [-0.15, -0.1) is 0 Å². The molecule has 0 radical (unpaired) electrons. The van der Waals surface area contributed by atoms with Crippen molar-refractivity contribution >= 4 is 0 Å². The Labute approximate surface area is 96.8 Å². The molecular formula is C13H20FNO. The van der Waals surface area contributed by atoms with E-state index in [9.17, 15) is 4.39 Å². The zero-order valence-corrected chi connectivity index (χ0v) is 10.2. The Morgan fingerprint density at radius 2 is 2.12 bits per heavy atom. The molecule has 1 N–H and O–H groups in total. The van der Waals surface area contributed by atoms with Crippen LogP contribution in [0, 0.1) is 5.82 Å². The van der Waals surface area contributed by atoms with Crippen LogP contribution in [0.3, 0.4) is 0 Å². The van der Waals surface area contributed by atoms with Crippen LogP contribution in [0.1, 0.15) is 31.9 Å². The molecule has 0 heterocycles. The summed E-state index contributed by atoms with van der Waals surface area (Å²) in [6, 6.07) is 7.22. The summed E-state index contributed by atoms with van der Waals surface area (Å²) in [7, 11) is 1.70. The fourth-order valence-corrected chi connectivity index (χ4v) is 1.68. The third-order valence-electron chi connectivity index (χ3n) is 2.64. The highest BCUT2D eigenvalue weighted by Crippen LogP contribution is 2.14. The van der Waals surface area contributed by atoms with E-state index in [-0.39, 0.29) is 11.9 Å². The van der Waals surface area contributed by atoms with E-state index in [1.54, 1.807) is 19.2 Å². The second-order valence-corrected chi connectivity index (χ2v) is 4.13. The van der Waals surface area contributed by atoms with Crippen LogP contribution >= 0.6 is 0 Å². The van der Waals surface area contributed by atoms with Crippen molar-refractivity contribution in [3.05, 3.63) is 35.6 Å². The lowest BCUT2D eigenvalue weighted by Crippen LogP contribution is -2.29. The first-order valence-corrected chi connectivity index (χ1v) is 5.64. The molecule has 0 spiro atoms. The molecule has 0 aromatic heterocycles. The number of hydrogen-bond acceptors (Lipinski definition) is 2. The Hall–Kier alpha value is -0.930. The van der Waals surface area contributed by atoms with Crippen LogP contribution in [0.25, 0.3) is 0 Å². The van der Waals surface area contributed by atoms with Crippen molar-refractivity contribution in [1.29, 1.82) is 0 Å². The molecule has 1 unspecified atom stereocenters. The molecule has 0 amide bonds. The number of rotatable bonds is 6. The van der Waals surface area contributed by atoms with Gasteiger partial charge < -0.3 is 10.1 Å². The van der Waals surface area contributed by atoms with Crippen LogP contribution in [0.4, 0.5) is 4.39 Å². The molecule has 0 saturated heterocycles. The van der Waals surface area contributed by atoms with E-state index in [2.05, 4.69) is 12.2 Å². The Balaban J connectivity index is 2.48. The van der Waals surface area contributed by atoms with Gasteiger partial charge in [-0.05, 0) is 38.0 Å². The normalized spacial score (nSPS) is 14.8. The lowest BCUT2D eigenvalue weighted by atomic mass is 10.1. The zero-order chi connectivity index (χ0) is 12.0. The summed E-state index contributed by atoms with van der Waals surface area (Å²) >= 11 is 0. The van der Waals surface area contributed by atoms with Gasteiger partial charge in [-0.3, -0.25) is 0 Å². The summed E-state index contributed by atoms with van der Waals surface area (Å²) in [6.07, 6.45) is 0.955. The van der Waals surface area contributed by atoms with E-state index in [4.69, 9.17) is 4.74 Å². The Morgan fingerprint density at radius 1 is 1.38 bits per heavy atom. The van der Waals surface area contributed by atoms with Crippen molar-refractivity contribution < 1.29 is 9.13 Å². The highest BCUT2D eigenvalue weighted by Gasteiger charge is 2.09. The number of benzene rings is 1. The monoisotopic (exact) mass is 225 g/mol. The van der Waals surface area contributed by atoms with Gasteiger partial charge in [0.25, 0.3) is 0 Å². The van der Waals surface area contributed by atoms with Crippen LogP contribution in [0.5, 0.6) is 0 Å². The van der Waals surface area contributed by atoms with Gasteiger partial charge in [-0.2, -0.15) is 0 Å². The number of methoxy groups -OCH3 is 1. The molecule has 2 nitrogen and oxygen atoms in total. The number of ether oxygens (including phenoxy) is 1. The fourth-order valence-electron chi connectivity index (χ4n) is 1.68. The van der Waals surface area contributed by atoms with Gasteiger partial charge in [0.15, 0.2) is 0 Å². The average molecular weight is 225 g/mol. The summed E-state index contributed by atoms with van der Waals surface area (Å²) in [5.74, 6) is -0.185. The van der Waals surface area contributed by atoms with Gasteiger partial charge in [0, 0.05) is 25.8 Å². The van der Waals surface area contributed by atoms with Gasteiger partial charge in [0.2, 0.25) is 0 Å². The van der Waals surface area contributed by atoms with Crippen LogP contribution in [-0.4, -0.2) is 19.8 Å². The van der Waals surface area contributed by atoms with Crippen molar-refractivity contribution in [1.82, 2.24) is 5.32 Å². The maximum absolute atomic E-state index is 13.0. The van der Waals surface area contributed by atoms with E-state index in [0.717, 1.165) is 18.6 Å². The van der Waals surface area contributed by atoms with E-state index in [1.807, 2.05) is 13.0 Å². The molecule has 0 aliphatic heterocycles. The minimum atomic E-state index is -0.185. The molecule has 1 aromatic rings. The first-order chi connectivity index (χ1) is 7.63. The smallest absolute Gasteiger partial charge is 0.123 e. The van der Waals surface area contributed by atoms with E-state index in [1.165, 1.54) is 6.07 Å². The highest BCUT2D eigenvalue weighted by molar-refractivity contribution is 5.19. The standard InChI is InChI=1S/C13H20FNO/c1-10(7-8-16-3)15-11(2)12-5-4-6-13(14)9-12/h4-6,9-11,15H,7-8H2,1-3H3/t10?,11-/m0/s1. The molecule has 1 aromatic carbocycles. The summed E-state index contributed by atoms with van der Waals surface area (Å²) in [6.45, 7) is 4.89. The molecule has 1 rings (SSSR count). The summed E-state index contributed by atoms with van der Waals surface area (Å²) < 4.78 is 18.0. The first-order valence-electron chi connectivity index (χ1n) is 5.64. The average Bonchev–Trinajstić information content (AvgIpc) is 2.26. The van der Waals surface area contributed by atoms with Gasteiger partial charge in [0.1, 0.15) is 5.82 Å². The fraction of sp³-hybridized carbons (Fsp3) is 0.538. The molecule has 90 valence electrons. The van der Waals surface area contributed by atoms with Gasteiger partial charge >= 0.3 is 0 Å². The number of halogens is 1. The summed E-state index contributed by atoms with van der Waals surface area (Å²) in [4.78, 5) is 0. The first kappa shape index (κ1) is 13.1. The van der Waals surface area contributed by atoms with Gasteiger partial charge in [-0.25, -0.2) is 4.39 Å². The maximum atomic E-state index is 13.0. The molecule has 0 fully saturated rings. The summed E-state index contributed by atoms with van der Waals surface area (Å²) in [5, 5.41) is 3.41. The number of nitrogens with one attached hydrogen (secondary N) is 1. The van der Waals surface area contributed by atoms with Crippen LogP contribution < -0.4 is 5.32 Å². The SMILES string of the molecule is COCCC(C)N[C@@H](C)c1cccc(F)c1. The van der Waals surface area contributed by atoms with Crippen LogP contribution in [-0.2, 0) is 4.74 Å². The largest absolute Gasteiger partial charge is 0.385 e. The molecule has 3 heteroatoms. The lowest BCUT2D eigenvalue weighted by molar-refractivity contribution is 0.183. The Kier molecular flexibility index (Phi) is 5.43. The zero-order valence-electron chi connectivity index (χ0n) is 10.2. The van der Waals surface area contributed by atoms with Crippen molar-refractivity contribution in [2.45, 2.75) is 32.4 Å². The van der Waals surface area contributed by atoms with E-state index >= 15 is 0 Å². The summed E-state index contributed by atoms with van der Waals surface area (Å²) in [5.41, 5.74) is 0.976. The van der Waals surface area contributed by atoms with Crippen LogP contribution in [0.2, 0.25) is 0 Å². The van der Waals surface area contributed by atoms with Crippen molar-refractivity contribution in [3.8, 4) is 0 Å². The molecule has 0 saturated carbocycles. The van der Waals surface area contributed by atoms with E-state index < -0.39 is 0 Å². The van der Waals surface area contributed by atoms with Gasteiger partial charge in [0.05, 0.1) is 0 Å². The quantitative estimate of drug-likeness (QED) is 0.803. The van der Waals surface area contributed by atoms with Crippen LogP contribution in [0.15, 0.2) is 24.3 Å². The molecule has 0 aliphatic carbocycles. The minimum absolute atomic E-state index is 0.155. The maximum Gasteiger partial charge on any atom is 0.123 e. The molecule has 16 heavy (non-hydrogen) atoms. The highest BCUT2D eigenvalue weighted by atomic mass is 19.1. The predicted molar refractivity (Wildman–Crippen MR) is 63.9 cm³/mol. The van der Waals surface area contributed by atoms with Crippen molar-refractivity contribution in [3.63, 3.8) is 0 Å². The molecule has 0 aliphatic rings. The Bertz CT molecular complexity index is 317. The lowest BCUT2D eigenvalue weighted by Gasteiger charge is -2.20. The Morgan fingerprint density at radius 3 is 2.75 bits per heavy atom. The molecule has 0 bridgehead atoms. The van der Waals surface area contributed by atoms with E-state index in [0.29, 0.717) is 6.04 Å². The molecular weight excluding hydrogens is 205 g/mol. The molecule has 2 atom stereocenters. The number of hydrogen-bond donors (Lipinski definition) is 1. The third-order valence-corrected chi connectivity index (χ3v) is 2.64. The van der Waals surface area contributed by atoms with Crippen molar-refractivity contribution in [2.24, 2.45) is 0 Å². The predicted octanol–water partition coefficient (Wildman–Crippen LogP) is 2.90. The second-order valence-electron chi connectivity index (χ2n) is 4.13. The topological polar surface area (TPSA) is 21.3 Å².